The van der Waals surface area contributed by atoms with Crippen molar-refractivity contribution in [2.45, 2.75) is 31.7 Å². The molecule has 3 N–H and O–H groups in total. The Hall–Kier alpha value is -1.75. The van der Waals surface area contributed by atoms with Gasteiger partial charge >= 0.3 is 5.97 Å². The minimum atomic E-state index is -0.957. The molecule has 0 bridgehead atoms. The number of likely N-dealkylation sites (tertiary alicyclic amines) is 1. The van der Waals surface area contributed by atoms with Crippen LogP contribution in [0.3, 0.4) is 0 Å². The van der Waals surface area contributed by atoms with Gasteiger partial charge in [0.15, 0.2) is 0 Å². The van der Waals surface area contributed by atoms with E-state index in [2.05, 4.69) is 0 Å². The number of carboxylic acids is 1. The highest BCUT2D eigenvalue weighted by Gasteiger charge is 2.31. The average Bonchev–Trinajstić information content (AvgIpc) is 2.66. The number of halogens is 1. The first-order valence-electron chi connectivity index (χ1n) is 6.59. The number of amides is 1. The summed E-state index contributed by atoms with van der Waals surface area (Å²) in [7, 11) is 0. The standard InChI is InChI=1S/C14H17ClN2O3/c15-10-8-9(5-6-11(10)16)13(18)17-7-3-1-2-4-12(17)14(19)20/h5-6,8,12H,1-4,7,16H2,(H,19,20). The second kappa shape index (κ2) is 6.13. The van der Waals surface area contributed by atoms with Crippen molar-refractivity contribution < 1.29 is 14.7 Å². The largest absolute Gasteiger partial charge is 0.480 e. The summed E-state index contributed by atoms with van der Waals surface area (Å²) in [6.07, 6.45) is 3.07. The van der Waals surface area contributed by atoms with Crippen molar-refractivity contribution in [2.24, 2.45) is 0 Å². The summed E-state index contributed by atoms with van der Waals surface area (Å²) < 4.78 is 0. The number of hydrogen-bond acceptors (Lipinski definition) is 3. The van der Waals surface area contributed by atoms with E-state index in [0.717, 1.165) is 19.3 Å². The van der Waals surface area contributed by atoms with Gasteiger partial charge in [-0.3, -0.25) is 4.79 Å². The first-order valence-corrected chi connectivity index (χ1v) is 6.97. The third kappa shape index (κ3) is 3.04. The first kappa shape index (κ1) is 14.7. The van der Waals surface area contributed by atoms with Crippen LogP contribution < -0.4 is 5.73 Å². The maximum atomic E-state index is 12.5. The predicted molar refractivity (Wildman–Crippen MR) is 76.8 cm³/mol. The molecule has 1 saturated heterocycles. The van der Waals surface area contributed by atoms with E-state index >= 15 is 0 Å². The zero-order chi connectivity index (χ0) is 14.7. The average molecular weight is 297 g/mol. The molecule has 0 saturated carbocycles. The lowest BCUT2D eigenvalue weighted by molar-refractivity contribution is -0.142. The highest BCUT2D eigenvalue weighted by Crippen LogP contribution is 2.23. The summed E-state index contributed by atoms with van der Waals surface area (Å²) in [6.45, 7) is 0.456. The predicted octanol–water partition coefficient (Wildman–Crippen LogP) is 2.39. The van der Waals surface area contributed by atoms with Gasteiger partial charge in [0.05, 0.1) is 10.7 Å². The maximum Gasteiger partial charge on any atom is 0.326 e. The zero-order valence-corrected chi connectivity index (χ0v) is 11.8. The molecule has 108 valence electrons. The van der Waals surface area contributed by atoms with Crippen molar-refractivity contribution in [2.75, 3.05) is 12.3 Å². The van der Waals surface area contributed by atoms with Crippen LogP contribution in [0.15, 0.2) is 18.2 Å². The molecule has 20 heavy (non-hydrogen) atoms. The summed E-state index contributed by atoms with van der Waals surface area (Å²) >= 11 is 5.92. The SMILES string of the molecule is Nc1ccc(C(=O)N2CCCCCC2C(=O)O)cc1Cl. The number of nitrogens with two attached hydrogens (primary N) is 1. The van der Waals surface area contributed by atoms with Crippen molar-refractivity contribution >= 4 is 29.2 Å². The number of carboxylic acid groups (broad SMARTS) is 1. The maximum absolute atomic E-state index is 12.5. The number of carbonyl (C=O) groups is 2. The van der Waals surface area contributed by atoms with Gasteiger partial charge in [0.25, 0.3) is 5.91 Å². The van der Waals surface area contributed by atoms with Gasteiger partial charge in [0, 0.05) is 12.1 Å². The van der Waals surface area contributed by atoms with Crippen LogP contribution in [0, 0.1) is 0 Å². The van der Waals surface area contributed by atoms with E-state index in [0.29, 0.717) is 29.2 Å². The zero-order valence-electron chi connectivity index (χ0n) is 11.0. The molecule has 1 aliphatic rings. The number of anilines is 1. The summed E-state index contributed by atoms with van der Waals surface area (Å²) in [6, 6.07) is 3.86. The summed E-state index contributed by atoms with van der Waals surface area (Å²) in [4.78, 5) is 25.3. The molecule has 1 aromatic carbocycles. The van der Waals surface area contributed by atoms with Gasteiger partial charge in [-0.2, -0.15) is 0 Å². The number of nitrogens with zero attached hydrogens (tertiary/aromatic N) is 1. The second-order valence-corrected chi connectivity index (χ2v) is 5.35. The summed E-state index contributed by atoms with van der Waals surface area (Å²) in [5.74, 6) is -1.26. The van der Waals surface area contributed by atoms with Gasteiger partial charge in [-0.1, -0.05) is 24.4 Å². The monoisotopic (exact) mass is 296 g/mol. The number of aliphatic carboxylic acids is 1. The Morgan fingerprint density at radius 2 is 2.05 bits per heavy atom. The van der Waals surface area contributed by atoms with Gasteiger partial charge in [0.2, 0.25) is 0 Å². The molecule has 1 aliphatic heterocycles. The van der Waals surface area contributed by atoms with Crippen LogP contribution >= 0.6 is 11.6 Å². The fourth-order valence-electron chi connectivity index (χ4n) is 2.43. The molecule has 1 aromatic rings. The Kier molecular flexibility index (Phi) is 4.49. The van der Waals surface area contributed by atoms with Crippen LogP contribution in [0.4, 0.5) is 5.69 Å². The lowest BCUT2D eigenvalue weighted by Gasteiger charge is -2.27. The van der Waals surface area contributed by atoms with E-state index in [1.807, 2.05) is 0 Å². The van der Waals surface area contributed by atoms with E-state index in [1.165, 1.54) is 11.0 Å². The van der Waals surface area contributed by atoms with Gasteiger partial charge < -0.3 is 15.7 Å². The van der Waals surface area contributed by atoms with Gasteiger partial charge in [-0.15, -0.1) is 0 Å². The van der Waals surface area contributed by atoms with Crippen LogP contribution in [-0.2, 0) is 4.79 Å². The molecular formula is C14H17ClN2O3. The normalized spacial score (nSPS) is 19.4. The Morgan fingerprint density at radius 3 is 2.70 bits per heavy atom. The molecule has 1 unspecified atom stereocenters. The molecule has 0 spiro atoms. The van der Waals surface area contributed by atoms with Crippen molar-refractivity contribution in [1.82, 2.24) is 4.90 Å². The van der Waals surface area contributed by atoms with E-state index in [1.54, 1.807) is 12.1 Å². The third-order valence-electron chi connectivity index (χ3n) is 3.55. The Labute approximate surface area is 122 Å². The molecule has 5 nitrogen and oxygen atoms in total. The Balaban J connectivity index is 2.28. The van der Waals surface area contributed by atoms with Gasteiger partial charge in [0.1, 0.15) is 6.04 Å². The van der Waals surface area contributed by atoms with Crippen molar-refractivity contribution in [3.8, 4) is 0 Å². The molecule has 1 heterocycles. The van der Waals surface area contributed by atoms with E-state index in [9.17, 15) is 14.7 Å². The van der Waals surface area contributed by atoms with Gasteiger partial charge in [-0.25, -0.2) is 4.79 Å². The summed E-state index contributed by atoms with van der Waals surface area (Å²) in [5.41, 5.74) is 6.39. The van der Waals surface area contributed by atoms with Crippen LogP contribution in [-0.4, -0.2) is 34.5 Å². The van der Waals surface area contributed by atoms with E-state index < -0.39 is 12.0 Å². The molecule has 6 heteroatoms. The van der Waals surface area contributed by atoms with Crippen LogP contribution in [0.25, 0.3) is 0 Å². The molecule has 0 radical (unpaired) electrons. The topological polar surface area (TPSA) is 83.6 Å². The van der Waals surface area contributed by atoms with Crippen molar-refractivity contribution in [3.63, 3.8) is 0 Å². The van der Waals surface area contributed by atoms with Crippen molar-refractivity contribution in [1.29, 1.82) is 0 Å². The fourth-order valence-corrected chi connectivity index (χ4v) is 2.61. The smallest absolute Gasteiger partial charge is 0.326 e. The summed E-state index contributed by atoms with van der Waals surface area (Å²) in [5, 5.41) is 9.59. The van der Waals surface area contributed by atoms with Crippen molar-refractivity contribution in [3.05, 3.63) is 28.8 Å². The highest BCUT2D eigenvalue weighted by molar-refractivity contribution is 6.33. The number of carbonyl (C=O) groups excluding carboxylic acids is 1. The van der Waals surface area contributed by atoms with E-state index in [-0.39, 0.29) is 5.91 Å². The number of hydrogen-bond donors (Lipinski definition) is 2. The lowest BCUT2D eigenvalue weighted by atomic mass is 10.1. The quantitative estimate of drug-likeness (QED) is 0.821. The van der Waals surface area contributed by atoms with E-state index in [4.69, 9.17) is 17.3 Å². The molecule has 1 atom stereocenters. The molecule has 0 aromatic heterocycles. The van der Waals surface area contributed by atoms with Crippen LogP contribution in [0.1, 0.15) is 36.0 Å². The molecule has 1 fully saturated rings. The molecule has 2 rings (SSSR count). The minimum absolute atomic E-state index is 0.303. The lowest BCUT2D eigenvalue weighted by Crippen LogP contribution is -2.44. The second-order valence-electron chi connectivity index (χ2n) is 4.94. The minimum Gasteiger partial charge on any atom is -0.480 e. The van der Waals surface area contributed by atoms with Crippen LogP contribution in [0.5, 0.6) is 0 Å². The Morgan fingerprint density at radius 1 is 1.30 bits per heavy atom. The molecule has 1 amide bonds. The third-order valence-corrected chi connectivity index (χ3v) is 3.87. The van der Waals surface area contributed by atoms with Gasteiger partial charge in [-0.05, 0) is 31.0 Å². The highest BCUT2D eigenvalue weighted by atomic mass is 35.5. The number of rotatable bonds is 2. The fraction of sp³-hybridized carbons (Fsp3) is 0.429. The first-order chi connectivity index (χ1) is 9.50. The number of benzene rings is 1. The number of nitrogen functional groups attached to an aromatic ring is 1. The molecular weight excluding hydrogens is 280 g/mol. The van der Waals surface area contributed by atoms with Crippen LogP contribution in [0.2, 0.25) is 5.02 Å². The Bertz CT molecular complexity index is 533. The molecule has 0 aliphatic carbocycles.